The number of rotatable bonds is 5. The van der Waals surface area contributed by atoms with Gasteiger partial charge in [-0.15, -0.1) is 0 Å². The van der Waals surface area contributed by atoms with Crippen LogP contribution in [0, 0.1) is 13.8 Å². The Kier molecular flexibility index (Phi) is 5.45. The predicted molar refractivity (Wildman–Crippen MR) is 116 cm³/mol. The largest absolute Gasteiger partial charge is 0.348 e. The zero-order valence-corrected chi connectivity index (χ0v) is 17.8. The molecule has 2 aromatic carbocycles. The van der Waals surface area contributed by atoms with E-state index in [1.807, 2.05) is 26.0 Å². The molecular formula is C24H27N3O3. The highest BCUT2D eigenvalue weighted by Crippen LogP contribution is 2.24. The first-order valence-electron chi connectivity index (χ1n) is 10.1. The van der Waals surface area contributed by atoms with E-state index in [9.17, 15) is 4.79 Å². The molecule has 1 atom stereocenters. The number of amides is 1. The first-order chi connectivity index (χ1) is 14.3. The molecule has 0 saturated carbocycles. The van der Waals surface area contributed by atoms with E-state index >= 15 is 0 Å². The molecule has 1 fully saturated rings. The third-order valence-corrected chi connectivity index (χ3v) is 5.13. The highest BCUT2D eigenvalue weighted by Gasteiger charge is 2.32. The summed E-state index contributed by atoms with van der Waals surface area (Å²) in [5.74, 6) is -0.798. The van der Waals surface area contributed by atoms with Crippen LogP contribution in [0.3, 0.4) is 0 Å². The van der Waals surface area contributed by atoms with Crippen molar-refractivity contribution in [1.29, 1.82) is 0 Å². The fraction of sp³-hybridized carbons (Fsp3) is 0.333. The van der Waals surface area contributed by atoms with Gasteiger partial charge in [0, 0.05) is 12.2 Å². The first-order valence-corrected chi connectivity index (χ1v) is 10.1. The number of carbonyl (C=O) groups is 1. The lowest BCUT2D eigenvalue weighted by molar-refractivity contribution is -0.137. The van der Waals surface area contributed by atoms with E-state index < -0.39 is 5.79 Å². The molecule has 1 aliphatic heterocycles. The second-order valence-corrected chi connectivity index (χ2v) is 8.23. The van der Waals surface area contributed by atoms with Crippen LogP contribution in [-0.2, 0) is 9.47 Å². The summed E-state index contributed by atoms with van der Waals surface area (Å²) in [5, 5.41) is 2.92. The molecule has 2 heterocycles. The first kappa shape index (κ1) is 20.3. The highest BCUT2D eigenvalue weighted by molar-refractivity contribution is 5.93. The van der Waals surface area contributed by atoms with E-state index in [0.29, 0.717) is 18.8 Å². The van der Waals surface area contributed by atoms with Crippen LogP contribution in [-0.4, -0.2) is 40.5 Å². The van der Waals surface area contributed by atoms with E-state index in [-0.39, 0.29) is 12.0 Å². The summed E-state index contributed by atoms with van der Waals surface area (Å²) in [6.45, 7) is 8.79. The summed E-state index contributed by atoms with van der Waals surface area (Å²) in [7, 11) is 0. The molecule has 0 unspecified atom stereocenters. The maximum absolute atomic E-state index is 12.7. The monoisotopic (exact) mass is 405 g/mol. The molecule has 3 aromatic rings. The zero-order chi connectivity index (χ0) is 21.3. The van der Waals surface area contributed by atoms with E-state index in [1.165, 1.54) is 16.7 Å². The molecule has 6 nitrogen and oxygen atoms in total. The fourth-order valence-electron chi connectivity index (χ4n) is 3.79. The summed E-state index contributed by atoms with van der Waals surface area (Å²) in [6, 6.07) is 14.7. The number of ether oxygens (including phenoxy) is 2. The van der Waals surface area contributed by atoms with Gasteiger partial charge in [0.05, 0.1) is 19.1 Å². The van der Waals surface area contributed by atoms with Gasteiger partial charge in [-0.2, -0.15) is 0 Å². The minimum Gasteiger partial charge on any atom is -0.348 e. The number of imidazole rings is 1. The lowest BCUT2D eigenvalue weighted by Crippen LogP contribution is -2.35. The number of benzene rings is 2. The number of aromatic nitrogens is 2. The van der Waals surface area contributed by atoms with Crippen LogP contribution in [0.15, 0.2) is 55.0 Å². The smallest absolute Gasteiger partial charge is 0.270 e. The maximum Gasteiger partial charge on any atom is 0.270 e. The Morgan fingerprint density at radius 1 is 1.13 bits per heavy atom. The molecule has 1 saturated heterocycles. The summed E-state index contributed by atoms with van der Waals surface area (Å²) in [5.41, 5.74) is 6.16. The van der Waals surface area contributed by atoms with E-state index in [1.54, 1.807) is 17.1 Å². The van der Waals surface area contributed by atoms with Gasteiger partial charge >= 0.3 is 0 Å². The number of nitrogens with zero attached hydrogens (tertiary/aromatic N) is 2. The highest BCUT2D eigenvalue weighted by atomic mass is 16.7. The molecule has 1 aliphatic rings. The Balaban J connectivity index is 1.48. The molecule has 0 radical (unpaired) electrons. The molecule has 156 valence electrons. The molecular weight excluding hydrogens is 378 g/mol. The van der Waals surface area contributed by atoms with Crippen molar-refractivity contribution in [3.8, 4) is 16.8 Å². The lowest BCUT2D eigenvalue weighted by Gasteiger charge is -2.17. The average Bonchev–Trinajstić information content (AvgIpc) is 3.32. The molecule has 0 bridgehead atoms. The second-order valence-electron chi connectivity index (χ2n) is 8.23. The predicted octanol–water partition coefficient (Wildman–Crippen LogP) is 4.04. The molecule has 1 aromatic heterocycles. The Morgan fingerprint density at radius 2 is 1.83 bits per heavy atom. The van der Waals surface area contributed by atoms with Crippen LogP contribution in [0.4, 0.5) is 0 Å². The Morgan fingerprint density at radius 3 is 2.47 bits per heavy atom. The van der Waals surface area contributed by atoms with E-state index in [4.69, 9.17) is 9.47 Å². The lowest BCUT2D eigenvalue weighted by atomic mass is 10.0. The summed E-state index contributed by atoms with van der Waals surface area (Å²) in [6.07, 6.45) is 3.07. The van der Waals surface area contributed by atoms with Crippen LogP contribution < -0.4 is 5.32 Å². The van der Waals surface area contributed by atoms with E-state index in [2.05, 4.69) is 54.5 Å². The van der Waals surface area contributed by atoms with Gasteiger partial charge in [-0.3, -0.25) is 9.36 Å². The number of carbonyl (C=O) groups excluding carboxylic acids is 1. The van der Waals surface area contributed by atoms with Crippen LogP contribution in [0.2, 0.25) is 0 Å². The van der Waals surface area contributed by atoms with Gasteiger partial charge in [-0.05, 0) is 51.0 Å². The minimum absolute atomic E-state index is 0.155. The zero-order valence-electron chi connectivity index (χ0n) is 17.8. The molecule has 1 N–H and O–H groups in total. The number of aryl methyl sites for hydroxylation is 2. The number of hydrogen-bond acceptors (Lipinski definition) is 4. The Labute approximate surface area is 176 Å². The van der Waals surface area contributed by atoms with Gasteiger partial charge < -0.3 is 14.8 Å². The van der Waals surface area contributed by atoms with Crippen molar-refractivity contribution in [3.05, 3.63) is 71.8 Å². The topological polar surface area (TPSA) is 65.4 Å². The van der Waals surface area contributed by atoms with Crippen molar-refractivity contribution in [1.82, 2.24) is 14.9 Å². The van der Waals surface area contributed by atoms with E-state index in [0.717, 1.165) is 11.3 Å². The van der Waals surface area contributed by atoms with Gasteiger partial charge in [0.15, 0.2) is 5.79 Å². The summed E-state index contributed by atoms with van der Waals surface area (Å²) < 4.78 is 13.1. The van der Waals surface area contributed by atoms with Gasteiger partial charge in [0.2, 0.25) is 0 Å². The fourth-order valence-corrected chi connectivity index (χ4v) is 3.79. The van der Waals surface area contributed by atoms with Crippen molar-refractivity contribution >= 4 is 5.91 Å². The van der Waals surface area contributed by atoms with Gasteiger partial charge in [-0.25, -0.2) is 4.98 Å². The van der Waals surface area contributed by atoms with Crippen LogP contribution in [0.5, 0.6) is 0 Å². The molecule has 30 heavy (non-hydrogen) atoms. The second kappa shape index (κ2) is 8.05. The molecule has 0 spiro atoms. The third-order valence-electron chi connectivity index (χ3n) is 5.13. The van der Waals surface area contributed by atoms with Crippen molar-refractivity contribution in [2.45, 2.75) is 39.6 Å². The molecule has 0 aliphatic carbocycles. The molecule has 6 heteroatoms. The van der Waals surface area contributed by atoms with Crippen LogP contribution in [0.25, 0.3) is 16.8 Å². The van der Waals surface area contributed by atoms with Gasteiger partial charge in [-0.1, -0.05) is 41.5 Å². The third kappa shape index (κ3) is 4.45. The van der Waals surface area contributed by atoms with Crippen molar-refractivity contribution in [2.75, 3.05) is 13.2 Å². The molecule has 1 amide bonds. The summed E-state index contributed by atoms with van der Waals surface area (Å²) in [4.78, 5) is 16.9. The van der Waals surface area contributed by atoms with Crippen molar-refractivity contribution in [3.63, 3.8) is 0 Å². The Hall–Kier alpha value is -2.96. The number of hydrogen-bond donors (Lipinski definition) is 1. The van der Waals surface area contributed by atoms with Crippen LogP contribution >= 0.6 is 0 Å². The van der Waals surface area contributed by atoms with Gasteiger partial charge in [0.1, 0.15) is 11.8 Å². The maximum atomic E-state index is 12.7. The van der Waals surface area contributed by atoms with Crippen molar-refractivity contribution in [2.24, 2.45) is 0 Å². The standard InChI is InChI=1S/C24H27N3O3/c1-16-9-17(2)11-19(10-16)18-5-7-20(8-6-18)27-15-25-13-22(27)23(28)26-12-21-14-29-24(3,4)30-21/h5-11,13,15,21H,12,14H2,1-4H3,(H,26,28)/t21-/m0/s1. The summed E-state index contributed by atoms with van der Waals surface area (Å²) >= 11 is 0. The van der Waals surface area contributed by atoms with Gasteiger partial charge in [0.25, 0.3) is 5.91 Å². The normalized spacial score (nSPS) is 17.8. The minimum atomic E-state index is -0.602. The number of nitrogens with one attached hydrogen (secondary N) is 1. The Bertz CT molecular complexity index is 1030. The average molecular weight is 405 g/mol. The quantitative estimate of drug-likeness (QED) is 0.696. The van der Waals surface area contributed by atoms with Crippen LogP contribution in [0.1, 0.15) is 35.5 Å². The molecule has 4 rings (SSSR count). The van der Waals surface area contributed by atoms with Crippen molar-refractivity contribution < 1.29 is 14.3 Å². The SMILES string of the molecule is Cc1cc(C)cc(-c2ccc(-n3cncc3C(=O)NC[C@H]3COC(C)(C)O3)cc2)c1.